The second-order valence-electron chi connectivity index (χ2n) is 5.50. The highest BCUT2D eigenvalue weighted by Crippen LogP contribution is 2.21. The second-order valence-corrected chi connectivity index (χ2v) is 5.50. The van der Waals surface area contributed by atoms with Crippen molar-refractivity contribution in [1.82, 2.24) is 0 Å². The van der Waals surface area contributed by atoms with Gasteiger partial charge in [0.25, 0.3) is 0 Å². The molecular formula is C17H30O4. The molecular weight excluding hydrogens is 268 g/mol. The molecule has 0 fully saturated rings. The van der Waals surface area contributed by atoms with Gasteiger partial charge in [0.15, 0.2) is 0 Å². The van der Waals surface area contributed by atoms with Gasteiger partial charge in [0, 0.05) is 0 Å². The number of esters is 1. The Morgan fingerprint density at radius 3 is 2.38 bits per heavy atom. The average molecular weight is 298 g/mol. The van der Waals surface area contributed by atoms with E-state index in [9.17, 15) is 14.7 Å². The molecule has 0 aliphatic heterocycles. The summed E-state index contributed by atoms with van der Waals surface area (Å²) >= 11 is 0. The summed E-state index contributed by atoms with van der Waals surface area (Å²) in [5.74, 6) is -2.69. The van der Waals surface area contributed by atoms with Crippen molar-refractivity contribution < 1.29 is 19.4 Å². The molecule has 3 atom stereocenters. The number of carbonyl (C=O) groups is 2. The van der Waals surface area contributed by atoms with Crippen molar-refractivity contribution in [1.29, 1.82) is 0 Å². The molecule has 0 saturated carbocycles. The Hall–Kier alpha value is -1.32. The summed E-state index contributed by atoms with van der Waals surface area (Å²) in [6.45, 7) is 7.60. The molecule has 122 valence electrons. The van der Waals surface area contributed by atoms with Gasteiger partial charge >= 0.3 is 11.9 Å². The lowest BCUT2D eigenvalue weighted by molar-refractivity contribution is -0.161. The SMILES string of the molecule is CC=CCC(C(=O)O)C(C)C(=O)OC(CC)CCCCC. The Labute approximate surface area is 128 Å². The Morgan fingerprint density at radius 2 is 1.90 bits per heavy atom. The number of ether oxygens (including phenoxy) is 1. The highest BCUT2D eigenvalue weighted by molar-refractivity contribution is 5.81. The van der Waals surface area contributed by atoms with E-state index in [1.165, 1.54) is 0 Å². The van der Waals surface area contributed by atoms with Crippen LogP contribution in [0.15, 0.2) is 12.2 Å². The van der Waals surface area contributed by atoms with E-state index in [-0.39, 0.29) is 6.10 Å². The van der Waals surface area contributed by atoms with Crippen molar-refractivity contribution in [2.75, 3.05) is 0 Å². The van der Waals surface area contributed by atoms with Crippen molar-refractivity contribution in [3.8, 4) is 0 Å². The smallest absolute Gasteiger partial charge is 0.309 e. The van der Waals surface area contributed by atoms with Gasteiger partial charge in [-0.05, 0) is 32.6 Å². The van der Waals surface area contributed by atoms with Crippen molar-refractivity contribution in [3.05, 3.63) is 12.2 Å². The van der Waals surface area contributed by atoms with Gasteiger partial charge in [0.05, 0.1) is 11.8 Å². The van der Waals surface area contributed by atoms with Crippen LogP contribution in [0.5, 0.6) is 0 Å². The molecule has 21 heavy (non-hydrogen) atoms. The number of carboxylic acids is 1. The molecule has 4 heteroatoms. The Kier molecular flexibility index (Phi) is 10.6. The first-order valence-electron chi connectivity index (χ1n) is 8.02. The van der Waals surface area contributed by atoms with Crippen LogP contribution in [0.3, 0.4) is 0 Å². The maximum Gasteiger partial charge on any atom is 0.309 e. The van der Waals surface area contributed by atoms with E-state index in [2.05, 4.69) is 6.92 Å². The lowest BCUT2D eigenvalue weighted by Gasteiger charge is -2.22. The molecule has 1 N–H and O–H groups in total. The number of carbonyl (C=O) groups excluding carboxylic acids is 1. The molecule has 0 amide bonds. The highest BCUT2D eigenvalue weighted by atomic mass is 16.5. The third-order valence-corrected chi connectivity index (χ3v) is 3.79. The zero-order valence-corrected chi connectivity index (χ0v) is 13.8. The van der Waals surface area contributed by atoms with Crippen LogP contribution in [-0.4, -0.2) is 23.1 Å². The summed E-state index contributed by atoms with van der Waals surface area (Å²) in [5, 5.41) is 9.24. The number of carboxylic acid groups (broad SMARTS) is 1. The van der Waals surface area contributed by atoms with Gasteiger partial charge < -0.3 is 9.84 Å². The van der Waals surface area contributed by atoms with Crippen molar-refractivity contribution >= 4 is 11.9 Å². The Balaban J connectivity index is 4.53. The molecule has 0 bridgehead atoms. The van der Waals surface area contributed by atoms with Crippen LogP contribution in [0.25, 0.3) is 0 Å². The minimum atomic E-state index is -0.948. The second kappa shape index (κ2) is 11.4. The Morgan fingerprint density at radius 1 is 1.24 bits per heavy atom. The molecule has 0 aromatic rings. The molecule has 3 unspecified atom stereocenters. The van der Waals surface area contributed by atoms with Crippen LogP contribution in [-0.2, 0) is 14.3 Å². The first-order valence-corrected chi connectivity index (χ1v) is 8.02. The predicted molar refractivity (Wildman–Crippen MR) is 84.0 cm³/mol. The van der Waals surface area contributed by atoms with E-state index in [1.807, 2.05) is 13.8 Å². The molecule has 0 aliphatic carbocycles. The zero-order chi connectivity index (χ0) is 16.3. The molecule has 0 radical (unpaired) electrons. The largest absolute Gasteiger partial charge is 0.481 e. The third kappa shape index (κ3) is 7.88. The van der Waals surface area contributed by atoms with Crippen LogP contribution in [0.1, 0.15) is 66.2 Å². The highest BCUT2D eigenvalue weighted by Gasteiger charge is 2.31. The van der Waals surface area contributed by atoms with Gasteiger partial charge in [-0.25, -0.2) is 0 Å². The lowest BCUT2D eigenvalue weighted by atomic mass is 9.91. The first-order chi connectivity index (χ1) is 9.97. The molecule has 0 rings (SSSR count). The van der Waals surface area contributed by atoms with Crippen LogP contribution < -0.4 is 0 Å². The minimum absolute atomic E-state index is 0.0948. The number of aliphatic carboxylic acids is 1. The third-order valence-electron chi connectivity index (χ3n) is 3.79. The molecule has 0 aromatic carbocycles. The summed E-state index contributed by atoms with van der Waals surface area (Å²) in [6.07, 6.45) is 8.77. The van der Waals surface area contributed by atoms with Crippen molar-refractivity contribution in [3.63, 3.8) is 0 Å². The molecule has 4 nitrogen and oxygen atoms in total. The Bertz CT molecular complexity index is 336. The summed E-state index contributed by atoms with van der Waals surface area (Å²) in [5.41, 5.74) is 0. The average Bonchev–Trinajstić information content (AvgIpc) is 2.45. The van der Waals surface area contributed by atoms with Gasteiger partial charge in [0.1, 0.15) is 6.10 Å². The van der Waals surface area contributed by atoms with Crippen molar-refractivity contribution in [2.24, 2.45) is 11.8 Å². The van der Waals surface area contributed by atoms with Gasteiger partial charge in [-0.3, -0.25) is 9.59 Å². The van der Waals surface area contributed by atoms with Crippen LogP contribution in [0, 0.1) is 11.8 Å². The fourth-order valence-electron chi connectivity index (χ4n) is 2.21. The van der Waals surface area contributed by atoms with Crippen molar-refractivity contribution in [2.45, 2.75) is 72.3 Å². The monoisotopic (exact) mass is 298 g/mol. The predicted octanol–water partition coefficient (Wildman–Crippen LogP) is 4.19. The molecule has 0 aliphatic rings. The van der Waals surface area contributed by atoms with E-state index >= 15 is 0 Å². The molecule has 0 spiro atoms. The number of rotatable bonds is 11. The van der Waals surface area contributed by atoms with E-state index in [0.717, 1.165) is 32.1 Å². The summed E-state index contributed by atoms with van der Waals surface area (Å²) in [6, 6.07) is 0. The fraction of sp³-hybridized carbons (Fsp3) is 0.765. The summed E-state index contributed by atoms with van der Waals surface area (Å²) < 4.78 is 5.49. The van der Waals surface area contributed by atoms with E-state index < -0.39 is 23.8 Å². The van der Waals surface area contributed by atoms with Crippen LogP contribution in [0.2, 0.25) is 0 Å². The topological polar surface area (TPSA) is 63.6 Å². The lowest BCUT2D eigenvalue weighted by Crippen LogP contribution is -2.31. The summed E-state index contributed by atoms with van der Waals surface area (Å²) in [4.78, 5) is 23.4. The van der Waals surface area contributed by atoms with E-state index in [0.29, 0.717) is 6.42 Å². The number of allylic oxidation sites excluding steroid dienone is 2. The van der Waals surface area contributed by atoms with Gasteiger partial charge in [-0.1, -0.05) is 45.8 Å². The number of hydrogen-bond acceptors (Lipinski definition) is 3. The quantitative estimate of drug-likeness (QED) is 0.353. The van der Waals surface area contributed by atoms with Crippen LogP contribution in [0.4, 0.5) is 0 Å². The molecule has 0 aromatic heterocycles. The first kappa shape index (κ1) is 19.7. The van der Waals surface area contributed by atoms with E-state index in [1.54, 1.807) is 19.1 Å². The fourth-order valence-corrected chi connectivity index (χ4v) is 2.21. The van der Waals surface area contributed by atoms with Gasteiger partial charge in [-0.2, -0.15) is 0 Å². The number of hydrogen-bond donors (Lipinski definition) is 1. The van der Waals surface area contributed by atoms with Gasteiger partial charge in [0.2, 0.25) is 0 Å². The molecule has 0 heterocycles. The molecule has 0 saturated heterocycles. The maximum absolute atomic E-state index is 12.1. The standard InChI is InChI=1S/C17H30O4/c1-5-8-10-11-14(7-3)21-17(20)13(4)15(16(18)19)12-9-6-2/h6,9,13-15H,5,7-8,10-12H2,1-4H3,(H,18,19). The normalized spacial score (nSPS) is 15.6. The van der Waals surface area contributed by atoms with E-state index in [4.69, 9.17) is 4.74 Å². The number of unbranched alkanes of at least 4 members (excludes halogenated alkanes) is 2. The summed E-state index contributed by atoms with van der Waals surface area (Å²) in [7, 11) is 0. The minimum Gasteiger partial charge on any atom is -0.481 e. The zero-order valence-electron chi connectivity index (χ0n) is 13.8. The maximum atomic E-state index is 12.1. The van der Waals surface area contributed by atoms with Crippen LogP contribution >= 0.6 is 0 Å². The van der Waals surface area contributed by atoms with Gasteiger partial charge in [-0.15, -0.1) is 0 Å².